The first-order chi connectivity index (χ1) is 9.65. The molecular formula is C15H19ClN4. The molecule has 106 valence electrons. The van der Waals surface area contributed by atoms with Crippen LogP contribution in [0.5, 0.6) is 0 Å². The van der Waals surface area contributed by atoms with E-state index in [1.807, 2.05) is 18.3 Å². The molecule has 5 heteroatoms. The monoisotopic (exact) mass is 290 g/mol. The molecule has 1 fully saturated rings. The van der Waals surface area contributed by atoms with E-state index in [2.05, 4.69) is 39.5 Å². The number of rotatable bonds is 4. The molecule has 3 heterocycles. The summed E-state index contributed by atoms with van der Waals surface area (Å²) in [4.78, 5) is 11.0. The molecule has 0 atom stereocenters. The smallest absolute Gasteiger partial charge is 0.147 e. The van der Waals surface area contributed by atoms with Gasteiger partial charge in [0.25, 0.3) is 0 Å². The molecule has 4 nitrogen and oxygen atoms in total. The zero-order valence-corrected chi connectivity index (χ0v) is 12.6. The molecular weight excluding hydrogens is 272 g/mol. The normalized spacial score (nSPS) is 15.7. The van der Waals surface area contributed by atoms with Crippen molar-refractivity contribution in [3.05, 3.63) is 41.6 Å². The number of imidazole rings is 1. The molecule has 0 aromatic carbocycles. The number of nitrogens with zero attached hydrogens (tertiary/aromatic N) is 4. The van der Waals surface area contributed by atoms with Crippen LogP contribution in [0, 0.1) is 5.92 Å². The summed E-state index contributed by atoms with van der Waals surface area (Å²) in [7, 11) is 0. The molecule has 1 aliphatic heterocycles. The molecule has 0 bridgehead atoms. The lowest BCUT2D eigenvalue weighted by atomic mass is 10.00. The molecule has 0 saturated carbocycles. The van der Waals surface area contributed by atoms with Gasteiger partial charge in [-0.2, -0.15) is 0 Å². The Morgan fingerprint density at radius 2 is 2.10 bits per heavy atom. The van der Waals surface area contributed by atoms with Gasteiger partial charge >= 0.3 is 0 Å². The van der Waals surface area contributed by atoms with Crippen molar-refractivity contribution in [2.75, 3.05) is 18.0 Å². The van der Waals surface area contributed by atoms with Gasteiger partial charge in [-0.3, -0.25) is 0 Å². The lowest BCUT2D eigenvalue weighted by Gasteiger charge is -2.40. The van der Waals surface area contributed by atoms with Gasteiger partial charge < -0.3 is 9.47 Å². The standard InChI is InChI=1S/C15H19ClN4/c1-11(2)14-18-6-7-19(14)8-12-9-20(10-12)15-13(16)4-3-5-17-15/h3-7,11-12H,8-10H2,1-2H3. The van der Waals surface area contributed by atoms with E-state index in [1.165, 1.54) is 5.82 Å². The number of anilines is 1. The van der Waals surface area contributed by atoms with Gasteiger partial charge in [0.15, 0.2) is 0 Å². The summed E-state index contributed by atoms with van der Waals surface area (Å²) in [6.07, 6.45) is 5.76. The van der Waals surface area contributed by atoms with E-state index in [-0.39, 0.29) is 0 Å². The van der Waals surface area contributed by atoms with Gasteiger partial charge in [0, 0.05) is 50.1 Å². The minimum absolute atomic E-state index is 0.464. The molecule has 1 aliphatic rings. The van der Waals surface area contributed by atoms with Crippen LogP contribution in [-0.2, 0) is 6.54 Å². The summed E-state index contributed by atoms with van der Waals surface area (Å²) in [5, 5.41) is 0.733. The van der Waals surface area contributed by atoms with Crippen molar-refractivity contribution in [2.45, 2.75) is 26.3 Å². The Balaban J connectivity index is 1.61. The number of hydrogen-bond acceptors (Lipinski definition) is 3. The van der Waals surface area contributed by atoms with Gasteiger partial charge in [0.1, 0.15) is 11.6 Å². The Morgan fingerprint density at radius 3 is 2.80 bits per heavy atom. The first-order valence-electron chi connectivity index (χ1n) is 7.01. The van der Waals surface area contributed by atoms with E-state index in [1.54, 1.807) is 6.20 Å². The third-order valence-corrected chi connectivity index (χ3v) is 4.01. The lowest BCUT2D eigenvalue weighted by Crippen LogP contribution is -2.49. The maximum Gasteiger partial charge on any atom is 0.147 e. The Hall–Kier alpha value is -1.55. The van der Waals surface area contributed by atoms with Crippen molar-refractivity contribution in [1.82, 2.24) is 14.5 Å². The minimum Gasteiger partial charge on any atom is -0.355 e. The average molecular weight is 291 g/mol. The highest BCUT2D eigenvalue weighted by Gasteiger charge is 2.29. The molecule has 0 unspecified atom stereocenters. The van der Waals surface area contributed by atoms with Crippen LogP contribution in [0.3, 0.4) is 0 Å². The van der Waals surface area contributed by atoms with Crippen molar-refractivity contribution >= 4 is 17.4 Å². The minimum atomic E-state index is 0.464. The molecule has 0 spiro atoms. The summed E-state index contributed by atoms with van der Waals surface area (Å²) < 4.78 is 2.27. The molecule has 0 aliphatic carbocycles. The highest BCUT2D eigenvalue weighted by Crippen LogP contribution is 2.29. The molecule has 0 radical (unpaired) electrons. The summed E-state index contributed by atoms with van der Waals surface area (Å²) >= 11 is 6.17. The second-order valence-electron chi connectivity index (χ2n) is 5.67. The topological polar surface area (TPSA) is 34.0 Å². The van der Waals surface area contributed by atoms with Crippen molar-refractivity contribution in [3.8, 4) is 0 Å². The van der Waals surface area contributed by atoms with E-state index < -0.39 is 0 Å². The van der Waals surface area contributed by atoms with Crippen molar-refractivity contribution in [2.24, 2.45) is 5.92 Å². The number of aromatic nitrogens is 3. The fraction of sp³-hybridized carbons (Fsp3) is 0.467. The van der Waals surface area contributed by atoms with Crippen molar-refractivity contribution < 1.29 is 0 Å². The van der Waals surface area contributed by atoms with Crippen LogP contribution in [0.2, 0.25) is 5.02 Å². The fourth-order valence-corrected chi connectivity index (χ4v) is 2.96. The maximum absolute atomic E-state index is 6.17. The van der Waals surface area contributed by atoms with Gasteiger partial charge in [0.05, 0.1) is 5.02 Å². The van der Waals surface area contributed by atoms with Gasteiger partial charge in [-0.05, 0) is 12.1 Å². The summed E-state index contributed by atoms with van der Waals surface area (Å²) in [5.41, 5.74) is 0. The third kappa shape index (κ3) is 2.52. The predicted molar refractivity (Wildman–Crippen MR) is 81.3 cm³/mol. The zero-order chi connectivity index (χ0) is 14.1. The Labute approximate surface area is 124 Å². The average Bonchev–Trinajstić information content (AvgIpc) is 2.83. The number of hydrogen-bond donors (Lipinski definition) is 0. The van der Waals surface area contributed by atoms with Crippen LogP contribution in [-0.4, -0.2) is 27.6 Å². The van der Waals surface area contributed by atoms with Gasteiger partial charge in [-0.15, -0.1) is 0 Å². The van der Waals surface area contributed by atoms with E-state index in [0.29, 0.717) is 11.8 Å². The zero-order valence-electron chi connectivity index (χ0n) is 11.8. The van der Waals surface area contributed by atoms with Crippen LogP contribution in [0.15, 0.2) is 30.7 Å². The van der Waals surface area contributed by atoms with Gasteiger partial charge in [-0.25, -0.2) is 9.97 Å². The molecule has 0 N–H and O–H groups in total. The van der Waals surface area contributed by atoms with Crippen molar-refractivity contribution in [1.29, 1.82) is 0 Å². The largest absolute Gasteiger partial charge is 0.355 e. The molecule has 1 saturated heterocycles. The highest BCUT2D eigenvalue weighted by molar-refractivity contribution is 6.32. The first kappa shape index (κ1) is 13.4. The fourth-order valence-electron chi connectivity index (χ4n) is 2.72. The molecule has 2 aromatic rings. The molecule has 3 rings (SSSR count). The van der Waals surface area contributed by atoms with E-state index in [4.69, 9.17) is 11.6 Å². The second-order valence-corrected chi connectivity index (χ2v) is 6.08. The third-order valence-electron chi connectivity index (χ3n) is 3.71. The molecule has 0 amide bonds. The molecule has 2 aromatic heterocycles. The number of pyridine rings is 1. The highest BCUT2D eigenvalue weighted by atomic mass is 35.5. The van der Waals surface area contributed by atoms with E-state index >= 15 is 0 Å². The van der Waals surface area contributed by atoms with Crippen LogP contribution < -0.4 is 4.90 Å². The SMILES string of the molecule is CC(C)c1nccn1CC1CN(c2ncccc2Cl)C1. The Morgan fingerprint density at radius 1 is 1.30 bits per heavy atom. The van der Waals surface area contributed by atoms with Crippen LogP contribution >= 0.6 is 11.6 Å². The Kier molecular flexibility index (Phi) is 3.66. The summed E-state index contributed by atoms with van der Waals surface area (Å²) in [6.45, 7) is 7.40. The quantitative estimate of drug-likeness (QED) is 0.867. The van der Waals surface area contributed by atoms with E-state index in [9.17, 15) is 0 Å². The van der Waals surface area contributed by atoms with Crippen molar-refractivity contribution in [3.63, 3.8) is 0 Å². The maximum atomic E-state index is 6.17. The lowest BCUT2D eigenvalue weighted by molar-refractivity contribution is 0.349. The van der Waals surface area contributed by atoms with E-state index in [0.717, 1.165) is 30.5 Å². The predicted octanol–water partition coefficient (Wildman–Crippen LogP) is 3.19. The first-order valence-corrected chi connectivity index (χ1v) is 7.39. The summed E-state index contributed by atoms with van der Waals surface area (Å²) in [5.74, 6) is 3.17. The Bertz CT molecular complexity index is 587. The van der Waals surface area contributed by atoms with Gasteiger partial charge in [-0.1, -0.05) is 25.4 Å². The molecule has 20 heavy (non-hydrogen) atoms. The second kappa shape index (κ2) is 5.44. The van der Waals surface area contributed by atoms with Crippen LogP contribution in [0.25, 0.3) is 0 Å². The number of halogens is 1. The van der Waals surface area contributed by atoms with Crippen LogP contribution in [0.1, 0.15) is 25.6 Å². The van der Waals surface area contributed by atoms with Crippen LogP contribution in [0.4, 0.5) is 5.82 Å². The van der Waals surface area contributed by atoms with Gasteiger partial charge in [0.2, 0.25) is 0 Å². The summed E-state index contributed by atoms with van der Waals surface area (Å²) in [6, 6.07) is 3.76.